The quantitative estimate of drug-likeness (QED) is 0.876. The van der Waals surface area contributed by atoms with Gasteiger partial charge >= 0.3 is 5.63 Å². The van der Waals surface area contributed by atoms with Gasteiger partial charge in [-0.25, -0.2) is 9.53 Å². The molecule has 0 aliphatic rings. The van der Waals surface area contributed by atoms with Crippen LogP contribution in [-0.2, 0) is 13.0 Å². The van der Waals surface area contributed by atoms with Crippen molar-refractivity contribution in [1.29, 1.82) is 0 Å². The van der Waals surface area contributed by atoms with Gasteiger partial charge in [0.15, 0.2) is 0 Å². The van der Waals surface area contributed by atoms with E-state index in [1.54, 1.807) is 4.74 Å². The molecule has 0 unspecified atom stereocenters. The van der Waals surface area contributed by atoms with Crippen LogP contribution in [0.4, 0.5) is 0 Å². The Morgan fingerprint density at radius 3 is 2.82 bits per heavy atom. The number of nitrogens with zero attached hydrogens (tertiary/aromatic N) is 1. The predicted molar refractivity (Wildman–Crippen MR) is 68.1 cm³/mol. The highest BCUT2D eigenvalue weighted by Crippen LogP contribution is 2.15. The molecule has 0 bridgehead atoms. The number of benzene rings is 1. The molecule has 1 heterocycles. The lowest BCUT2D eigenvalue weighted by molar-refractivity contribution is 0.238. The second-order valence-electron chi connectivity index (χ2n) is 4.72. The minimum absolute atomic E-state index is 0.264. The van der Waals surface area contributed by atoms with E-state index >= 15 is 0 Å². The van der Waals surface area contributed by atoms with Crippen molar-refractivity contribution < 1.29 is 4.52 Å². The molecule has 1 aromatic carbocycles. The maximum Gasteiger partial charge on any atom is 0.365 e. The van der Waals surface area contributed by atoms with Gasteiger partial charge in [-0.05, 0) is 36.6 Å². The Morgan fingerprint density at radius 1 is 1.41 bits per heavy atom. The zero-order valence-corrected chi connectivity index (χ0v) is 10.3. The van der Waals surface area contributed by atoms with Crippen LogP contribution in [0.1, 0.15) is 19.4 Å². The number of nitrogens with two attached hydrogens (primary N) is 1. The molecule has 92 valence electrons. The van der Waals surface area contributed by atoms with Gasteiger partial charge in [0.05, 0.1) is 17.4 Å². The van der Waals surface area contributed by atoms with Crippen molar-refractivity contribution in [3.63, 3.8) is 0 Å². The minimum Gasteiger partial charge on any atom is -0.335 e. The molecule has 2 N–H and O–H groups in total. The lowest BCUT2D eigenvalue weighted by atomic mass is 10.1. The van der Waals surface area contributed by atoms with E-state index in [9.17, 15) is 4.79 Å². The van der Waals surface area contributed by atoms with Crippen LogP contribution in [0.3, 0.4) is 0 Å². The molecule has 0 radical (unpaired) electrons. The Labute approximate surface area is 100.0 Å². The summed E-state index contributed by atoms with van der Waals surface area (Å²) in [5.41, 5.74) is 7.28. The molecule has 17 heavy (non-hydrogen) atoms. The summed E-state index contributed by atoms with van der Waals surface area (Å²) in [5, 5.41) is 0.645. The highest BCUT2D eigenvalue weighted by Gasteiger charge is 2.10. The van der Waals surface area contributed by atoms with Crippen LogP contribution in [0, 0.1) is 5.92 Å². The van der Waals surface area contributed by atoms with Gasteiger partial charge in [-0.1, -0.05) is 19.9 Å². The largest absolute Gasteiger partial charge is 0.365 e. The van der Waals surface area contributed by atoms with Crippen molar-refractivity contribution in [3.8, 4) is 0 Å². The molecule has 1 aromatic heterocycles. The van der Waals surface area contributed by atoms with Gasteiger partial charge < -0.3 is 10.3 Å². The molecule has 4 nitrogen and oxygen atoms in total. The third-order valence-corrected chi connectivity index (χ3v) is 2.71. The van der Waals surface area contributed by atoms with Gasteiger partial charge in [-0.15, -0.1) is 0 Å². The van der Waals surface area contributed by atoms with Gasteiger partial charge in [0.1, 0.15) is 0 Å². The highest BCUT2D eigenvalue weighted by molar-refractivity contribution is 5.78. The van der Waals surface area contributed by atoms with Crippen LogP contribution in [-0.4, -0.2) is 11.3 Å². The first-order chi connectivity index (χ1) is 8.11. The molecule has 0 atom stereocenters. The fraction of sp³-hybridized carbons (Fsp3) is 0.462. The average Bonchev–Trinajstić information content (AvgIpc) is 2.55. The normalized spacial score (nSPS) is 11.5. The Balaban J connectivity index is 2.52. The summed E-state index contributed by atoms with van der Waals surface area (Å²) in [7, 11) is 0. The van der Waals surface area contributed by atoms with E-state index in [-0.39, 0.29) is 5.63 Å². The second-order valence-corrected chi connectivity index (χ2v) is 4.72. The Bertz CT molecular complexity index is 566. The number of hydrogen-bond donors (Lipinski definition) is 1. The van der Waals surface area contributed by atoms with E-state index in [4.69, 9.17) is 10.3 Å². The molecule has 4 heteroatoms. The van der Waals surface area contributed by atoms with Crippen molar-refractivity contribution >= 4 is 10.9 Å². The van der Waals surface area contributed by atoms with Crippen LogP contribution in [0.2, 0.25) is 0 Å². The molecule has 2 aromatic rings. The molecule has 0 spiro atoms. The second kappa shape index (κ2) is 4.75. The predicted octanol–water partition coefficient (Wildman–Crippen LogP) is 1.75. The Hall–Kier alpha value is -1.55. The van der Waals surface area contributed by atoms with Crippen LogP contribution in [0.5, 0.6) is 0 Å². The van der Waals surface area contributed by atoms with E-state index in [2.05, 4.69) is 13.8 Å². The Morgan fingerprint density at radius 2 is 2.18 bits per heavy atom. The van der Waals surface area contributed by atoms with Crippen molar-refractivity contribution in [3.05, 3.63) is 34.2 Å². The zero-order valence-electron chi connectivity index (χ0n) is 10.3. The molecule has 0 aliphatic heterocycles. The van der Waals surface area contributed by atoms with Gasteiger partial charge in [0, 0.05) is 0 Å². The van der Waals surface area contributed by atoms with E-state index in [0.29, 0.717) is 24.4 Å². The molecule has 0 amide bonds. The molecule has 0 aliphatic carbocycles. The summed E-state index contributed by atoms with van der Waals surface area (Å²) in [6.45, 7) is 5.51. The number of rotatable bonds is 4. The number of hydrogen-bond acceptors (Lipinski definition) is 3. The molecule has 0 saturated heterocycles. The molecule has 0 fully saturated rings. The third-order valence-electron chi connectivity index (χ3n) is 2.71. The fourth-order valence-electron chi connectivity index (χ4n) is 1.94. The van der Waals surface area contributed by atoms with Crippen molar-refractivity contribution in [2.24, 2.45) is 11.7 Å². The van der Waals surface area contributed by atoms with Crippen LogP contribution >= 0.6 is 0 Å². The highest BCUT2D eigenvalue weighted by atomic mass is 16.5. The van der Waals surface area contributed by atoms with Crippen LogP contribution < -0.4 is 11.4 Å². The summed E-state index contributed by atoms with van der Waals surface area (Å²) in [5.74, 6) is 0.437. The first kappa shape index (κ1) is 11.9. The van der Waals surface area contributed by atoms with Gasteiger partial charge in [0.2, 0.25) is 0 Å². The lowest BCUT2D eigenvalue weighted by Gasteiger charge is -2.06. The summed E-state index contributed by atoms with van der Waals surface area (Å²) < 4.78 is 6.92. The van der Waals surface area contributed by atoms with Crippen LogP contribution in [0.25, 0.3) is 10.9 Å². The topological polar surface area (TPSA) is 61.2 Å². The van der Waals surface area contributed by atoms with Gasteiger partial charge in [-0.3, -0.25) is 0 Å². The first-order valence-corrected chi connectivity index (χ1v) is 5.94. The fourth-order valence-corrected chi connectivity index (χ4v) is 1.94. The molecule has 0 saturated carbocycles. The van der Waals surface area contributed by atoms with Gasteiger partial charge in [0.25, 0.3) is 0 Å². The minimum atomic E-state index is -0.264. The Kier molecular flexibility index (Phi) is 3.33. The third kappa shape index (κ3) is 2.42. The van der Waals surface area contributed by atoms with E-state index < -0.39 is 0 Å². The molecular formula is C13H18N2O2. The maximum atomic E-state index is 11.6. The summed E-state index contributed by atoms with van der Waals surface area (Å²) >= 11 is 0. The van der Waals surface area contributed by atoms with Crippen molar-refractivity contribution in [1.82, 2.24) is 4.74 Å². The SMILES string of the molecule is CC(C)Cn1oc(=O)c2ccc(CCN)cc21. The summed E-state index contributed by atoms with van der Waals surface area (Å²) in [6, 6.07) is 5.75. The smallest absolute Gasteiger partial charge is 0.335 e. The zero-order chi connectivity index (χ0) is 12.4. The lowest BCUT2D eigenvalue weighted by Crippen LogP contribution is -2.04. The summed E-state index contributed by atoms with van der Waals surface area (Å²) in [6.07, 6.45) is 0.816. The van der Waals surface area contributed by atoms with Crippen molar-refractivity contribution in [2.75, 3.05) is 6.54 Å². The molecular weight excluding hydrogens is 216 g/mol. The standard InChI is InChI=1S/C13H18N2O2/c1-9(2)8-15-12-7-10(5-6-14)3-4-11(12)13(16)17-15/h3-4,7,9H,5-6,8,14H2,1-2H3. The average molecular weight is 234 g/mol. The maximum absolute atomic E-state index is 11.6. The van der Waals surface area contributed by atoms with Crippen molar-refractivity contribution in [2.45, 2.75) is 26.8 Å². The van der Waals surface area contributed by atoms with Gasteiger partial charge in [-0.2, -0.15) is 0 Å². The van der Waals surface area contributed by atoms with Crippen LogP contribution in [0.15, 0.2) is 27.5 Å². The number of fused-ring (bicyclic) bond motifs is 1. The first-order valence-electron chi connectivity index (χ1n) is 5.94. The number of aromatic nitrogens is 1. The summed E-state index contributed by atoms with van der Waals surface area (Å²) in [4.78, 5) is 11.6. The van der Waals surface area contributed by atoms with E-state index in [0.717, 1.165) is 17.5 Å². The molecule has 2 rings (SSSR count). The monoisotopic (exact) mass is 234 g/mol. The van der Waals surface area contributed by atoms with E-state index in [1.165, 1.54) is 0 Å². The van der Waals surface area contributed by atoms with E-state index in [1.807, 2.05) is 18.2 Å².